The lowest BCUT2D eigenvalue weighted by Crippen LogP contribution is -2.26. The molecule has 0 bridgehead atoms. The van der Waals surface area contributed by atoms with Crippen molar-refractivity contribution < 1.29 is 4.79 Å². The van der Waals surface area contributed by atoms with Crippen molar-refractivity contribution in [2.75, 3.05) is 18.0 Å². The fourth-order valence-corrected chi connectivity index (χ4v) is 2.71. The van der Waals surface area contributed by atoms with Gasteiger partial charge in [0.15, 0.2) is 0 Å². The first-order valence-electron chi connectivity index (χ1n) is 7.39. The van der Waals surface area contributed by atoms with Gasteiger partial charge < -0.3 is 10.2 Å². The van der Waals surface area contributed by atoms with Gasteiger partial charge in [-0.1, -0.05) is 18.2 Å². The standard InChI is InChI=1S/C17H19N3O/c1-2-18-17(21)14-9-10-16(19-12-14)20-11-5-7-13-6-3-4-8-15(13)20/h3-4,6,8-10,12H,2,5,7,11H2,1H3,(H,18,21). The molecule has 0 saturated carbocycles. The van der Waals surface area contributed by atoms with Crippen LogP contribution in [0.4, 0.5) is 11.5 Å². The summed E-state index contributed by atoms with van der Waals surface area (Å²) in [7, 11) is 0. The third-order valence-corrected chi connectivity index (χ3v) is 3.73. The lowest BCUT2D eigenvalue weighted by Gasteiger charge is -2.30. The molecule has 0 radical (unpaired) electrons. The van der Waals surface area contributed by atoms with Crippen molar-refractivity contribution in [2.45, 2.75) is 19.8 Å². The number of hydrogen-bond acceptors (Lipinski definition) is 3. The monoisotopic (exact) mass is 281 g/mol. The van der Waals surface area contributed by atoms with E-state index in [4.69, 9.17) is 0 Å². The number of aryl methyl sites for hydroxylation is 1. The summed E-state index contributed by atoms with van der Waals surface area (Å²) in [5.74, 6) is 0.825. The number of rotatable bonds is 3. The first kappa shape index (κ1) is 13.6. The summed E-state index contributed by atoms with van der Waals surface area (Å²) < 4.78 is 0. The van der Waals surface area contributed by atoms with E-state index < -0.39 is 0 Å². The molecule has 2 heterocycles. The van der Waals surface area contributed by atoms with Crippen LogP contribution in [0.3, 0.4) is 0 Å². The Morgan fingerprint density at radius 3 is 2.90 bits per heavy atom. The van der Waals surface area contributed by atoms with Crippen LogP contribution in [-0.2, 0) is 6.42 Å². The third kappa shape index (κ3) is 2.75. The molecule has 3 rings (SSSR count). The average Bonchev–Trinajstić information content (AvgIpc) is 2.55. The van der Waals surface area contributed by atoms with E-state index in [0.29, 0.717) is 12.1 Å². The van der Waals surface area contributed by atoms with Gasteiger partial charge in [-0.25, -0.2) is 4.98 Å². The first-order chi connectivity index (χ1) is 10.3. The molecule has 1 aromatic carbocycles. The molecule has 0 fully saturated rings. The Labute approximate surface area is 124 Å². The molecule has 0 spiro atoms. The summed E-state index contributed by atoms with van der Waals surface area (Å²) in [6.07, 6.45) is 3.89. The zero-order valence-corrected chi connectivity index (χ0v) is 12.2. The Bertz CT molecular complexity index is 637. The van der Waals surface area contributed by atoms with Crippen LogP contribution in [0, 0.1) is 0 Å². The number of fused-ring (bicyclic) bond motifs is 1. The highest BCUT2D eigenvalue weighted by atomic mass is 16.1. The molecule has 1 amide bonds. The Morgan fingerprint density at radius 1 is 1.29 bits per heavy atom. The maximum atomic E-state index is 11.8. The van der Waals surface area contributed by atoms with E-state index in [2.05, 4.69) is 39.5 Å². The van der Waals surface area contributed by atoms with E-state index in [1.165, 1.54) is 11.3 Å². The molecule has 0 unspecified atom stereocenters. The molecule has 4 nitrogen and oxygen atoms in total. The number of anilines is 2. The molecule has 21 heavy (non-hydrogen) atoms. The van der Waals surface area contributed by atoms with Crippen molar-refractivity contribution in [2.24, 2.45) is 0 Å². The van der Waals surface area contributed by atoms with E-state index >= 15 is 0 Å². The van der Waals surface area contributed by atoms with E-state index in [1.807, 2.05) is 19.1 Å². The Balaban J connectivity index is 1.87. The SMILES string of the molecule is CCNC(=O)c1ccc(N2CCCc3ccccc32)nc1. The van der Waals surface area contributed by atoms with Gasteiger partial charge in [-0.2, -0.15) is 0 Å². The number of benzene rings is 1. The molecule has 0 saturated heterocycles. The molecule has 1 aromatic heterocycles. The van der Waals surface area contributed by atoms with Crippen LogP contribution < -0.4 is 10.2 Å². The van der Waals surface area contributed by atoms with Crippen molar-refractivity contribution in [3.8, 4) is 0 Å². The summed E-state index contributed by atoms with van der Waals surface area (Å²) in [6, 6.07) is 12.2. The van der Waals surface area contributed by atoms with Crippen molar-refractivity contribution in [1.29, 1.82) is 0 Å². The lowest BCUT2D eigenvalue weighted by molar-refractivity contribution is 0.0955. The minimum absolute atomic E-state index is 0.0735. The second-order valence-corrected chi connectivity index (χ2v) is 5.15. The van der Waals surface area contributed by atoms with Crippen LogP contribution >= 0.6 is 0 Å². The van der Waals surface area contributed by atoms with Gasteiger partial charge in [0, 0.05) is 25.0 Å². The van der Waals surface area contributed by atoms with Crippen LogP contribution in [-0.4, -0.2) is 24.0 Å². The van der Waals surface area contributed by atoms with Crippen LogP contribution in [0.5, 0.6) is 0 Å². The second-order valence-electron chi connectivity index (χ2n) is 5.15. The number of amides is 1. The van der Waals surface area contributed by atoms with Gasteiger partial charge in [0.2, 0.25) is 0 Å². The van der Waals surface area contributed by atoms with Crippen LogP contribution in [0.25, 0.3) is 0 Å². The van der Waals surface area contributed by atoms with Crippen molar-refractivity contribution in [3.05, 3.63) is 53.7 Å². The topological polar surface area (TPSA) is 45.2 Å². The molecule has 1 aliphatic rings. The number of aromatic nitrogens is 1. The van der Waals surface area contributed by atoms with Gasteiger partial charge >= 0.3 is 0 Å². The maximum absolute atomic E-state index is 11.8. The van der Waals surface area contributed by atoms with Gasteiger partial charge in [-0.3, -0.25) is 4.79 Å². The molecule has 4 heteroatoms. The molecule has 1 aliphatic heterocycles. The van der Waals surface area contributed by atoms with E-state index in [9.17, 15) is 4.79 Å². The lowest BCUT2D eigenvalue weighted by atomic mass is 10.0. The maximum Gasteiger partial charge on any atom is 0.252 e. The minimum atomic E-state index is -0.0735. The minimum Gasteiger partial charge on any atom is -0.352 e. The third-order valence-electron chi connectivity index (χ3n) is 3.73. The molecule has 0 aliphatic carbocycles. The summed E-state index contributed by atoms with van der Waals surface area (Å²) in [4.78, 5) is 18.5. The summed E-state index contributed by atoms with van der Waals surface area (Å²) in [5, 5.41) is 2.78. The summed E-state index contributed by atoms with van der Waals surface area (Å²) in [5.41, 5.74) is 3.19. The van der Waals surface area contributed by atoms with Gasteiger partial charge in [0.1, 0.15) is 5.82 Å². The van der Waals surface area contributed by atoms with Gasteiger partial charge in [-0.05, 0) is 43.5 Å². The van der Waals surface area contributed by atoms with Crippen molar-refractivity contribution >= 4 is 17.4 Å². The first-order valence-corrected chi connectivity index (χ1v) is 7.39. The van der Waals surface area contributed by atoms with E-state index in [1.54, 1.807) is 6.20 Å². The fourth-order valence-electron chi connectivity index (χ4n) is 2.71. The largest absolute Gasteiger partial charge is 0.352 e. The normalized spacial score (nSPS) is 13.7. The van der Waals surface area contributed by atoms with E-state index in [0.717, 1.165) is 25.2 Å². The quantitative estimate of drug-likeness (QED) is 0.941. The number of carbonyl (C=O) groups excluding carboxylic acids is 1. The molecule has 0 atom stereocenters. The Morgan fingerprint density at radius 2 is 2.14 bits per heavy atom. The fraction of sp³-hybridized carbons (Fsp3) is 0.294. The Hall–Kier alpha value is -2.36. The molecule has 108 valence electrons. The predicted octanol–water partition coefficient (Wildman–Crippen LogP) is 2.92. The van der Waals surface area contributed by atoms with Crippen LogP contribution in [0.1, 0.15) is 29.3 Å². The molecule has 1 N–H and O–H groups in total. The van der Waals surface area contributed by atoms with Crippen molar-refractivity contribution in [1.82, 2.24) is 10.3 Å². The highest BCUT2D eigenvalue weighted by Crippen LogP contribution is 2.31. The van der Waals surface area contributed by atoms with Crippen LogP contribution in [0.15, 0.2) is 42.6 Å². The molecular formula is C17H19N3O. The van der Waals surface area contributed by atoms with E-state index in [-0.39, 0.29) is 5.91 Å². The number of para-hydroxylation sites is 1. The number of pyridine rings is 1. The summed E-state index contributed by atoms with van der Waals surface area (Å²) >= 11 is 0. The highest BCUT2D eigenvalue weighted by molar-refractivity contribution is 5.94. The molecule has 2 aromatic rings. The van der Waals surface area contributed by atoms with Crippen LogP contribution in [0.2, 0.25) is 0 Å². The highest BCUT2D eigenvalue weighted by Gasteiger charge is 2.18. The number of nitrogens with zero attached hydrogens (tertiary/aromatic N) is 2. The second kappa shape index (κ2) is 5.95. The van der Waals surface area contributed by atoms with Gasteiger partial charge in [-0.15, -0.1) is 0 Å². The smallest absolute Gasteiger partial charge is 0.252 e. The average molecular weight is 281 g/mol. The zero-order chi connectivity index (χ0) is 14.7. The number of nitrogens with one attached hydrogen (secondary N) is 1. The molecular weight excluding hydrogens is 262 g/mol. The zero-order valence-electron chi connectivity index (χ0n) is 12.2. The van der Waals surface area contributed by atoms with Crippen molar-refractivity contribution in [3.63, 3.8) is 0 Å². The predicted molar refractivity (Wildman–Crippen MR) is 84.0 cm³/mol. The number of hydrogen-bond donors (Lipinski definition) is 1. The summed E-state index contributed by atoms with van der Waals surface area (Å²) in [6.45, 7) is 3.50. The van der Waals surface area contributed by atoms with Gasteiger partial charge in [0.05, 0.1) is 5.56 Å². The Kier molecular flexibility index (Phi) is 3.86. The van der Waals surface area contributed by atoms with Gasteiger partial charge in [0.25, 0.3) is 5.91 Å². The number of carbonyl (C=O) groups is 1.